The lowest BCUT2D eigenvalue weighted by Gasteiger charge is -2.18. The van der Waals surface area contributed by atoms with Crippen molar-refractivity contribution in [1.82, 2.24) is 0 Å². The van der Waals surface area contributed by atoms with Gasteiger partial charge >= 0.3 is 17.9 Å². The highest BCUT2D eigenvalue weighted by atomic mass is 16.6. The van der Waals surface area contributed by atoms with Crippen LogP contribution in [0.25, 0.3) is 0 Å². The average Bonchev–Trinajstić information content (AvgIpc) is 3.33. The molecule has 0 aliphatic carbocycles. The smallest absolute Gasteiger partial charge is 0.306 e. The van der Waals surface area contributed by atoms with Gasteiger partial charge in [-0.3, -0.25) is 14.4 Å². The van der Waals surface area contributed by atoms with Crippen LogP contribution < -0.4 is 0 Å². The lowest BCUT2D eigenvalue weighted by atomic mass is 10.1. The van der Waals surface area contributed by atoms with E-state index in [9.17, 15) is 14.4 Å². The summed E-state index contributed by atoms with van der Waals surface area (Å²) in [6.45, 7) is 6.39. The number of allylic oxidation sites excluding steroid dienone is 18. The molecule has 1 atom stereocenters. The highest BCUT2D eigenvalue weighted by Crippen LogP contribution is 2.14. The Bertz CT molecular complexity index is 1390. The molecule has 6 heteroatoms. The van der Waals surface area contributed by atoms with Crippen LogP contribution in [0.1, 0.15) is 239 Å². The van der Waals surface area contributed by atoms with Gasteiger partial charge in [0.15, 0.2) is 6.10 Å². The summed E-state index contributed by atoms with van der Waals surface area (Å²) in [5.41, 5.74) is 0. The molecule has 0 saturated heterocycles. The van der Waals surface area contributed by atoms with Crippen LogP contribution in [0.15, 0.2) is 109 Å². The van der Waals surface area contributed by atoms with Gasteiger partial charge in [0.25, 0.3) is 0 Å². The fourth-order valence-electron chi connectivity index (χ4n) is 7.22. The molecule has 0 heterocycles. The Morgan fingerprint density at radius 2 is 0.642 bits per heavy atom. The van der Waals surface area contributed by atoms with Crippen LogP contribution in [0.2, 0.25) is 0 Å². The van der Waals surface area contributed by atoms with Crippen LogP contribution in [-0.2, 0) is 28.6 Å². The standard InChI is InChI=1S/C61H100O6/c1-4-7-10-13-16-19-22-25-27-29-31-33-34-36-39-42-45-48-51-54-60(63)66-57-58(56-65-59(62)53-50-47-44-41-38-24-21-18-15-12-9-6-3)67-61(64)55-52-49-46-43-40-37-35-32-30-28-26-23-20-17-14-11-8-5-2/h9,12,16-23,25-26,28,30,32,35,38,41,58H,4-8,10-11,13-15,24,27,29,31,33-34,36-37,39-40,42-57H2,1-3H3/b12-9-,19-16-,20-17-,21-18-,25-22-,26-23-,30-28-,35-32-,41-38-. The van der Waals surface area contributed by atoms with Crippen LogP contribution in [0.4, 0.5) is 0 Å². The molecule has 0 fully saturated rings. The minimum Gasteiger partial charge on any atom is -0.462 e. The predicted octanol–water partition coefficient (Wildman–Crippen LogP) is 18.3. The molecule has 0 amide bonds. The maximum absolute atomic E-state index is 12.8. The van der Waals surface area contributed by atoms with E-state index in [1.54, 1.807) is 0 Å². The second kappa shape index (κ2) is 54.7. The Morgan fingerprint density at radius 1 is 0.328 bits per heavy atom. The first-order valence-corrected chi connectivity index (χ1v) is 27.5. The summed E-state index contributed by atoms with van der Waals surface area (Å²) in [7, 11) is 0. The zero-order valence-corrected chi connectivity index (χ0v) is 43.4. The van der Waals surface area contributed by atoms with Gasteiger partial charge in [0.05, 0.1) is 0 Å². The van der Waals surface area contributed by atoms with Gasteiger partial charge in [-0.05, 0) is 103 Å². The van der Waals surface area contributed by atoms with E-state index in [1.807, 2.05) is 0 Å². The molecule has 0 aromatic rings. The van der Waals surface area contributed by atoms with Gasteiger partial charge in [0.2, 0.25) is 0 Å². The highest BCUT2D eigenvalue weighted by molar-refractivity contribution is 5.71. The summed E-state index contributed by atoms with van der Waals surface area (Å²) in [4.78, 5) is 38.1. The second-order valence-electron chi connectivity index (χ2n) is 17.9. The molecule has 0 radical (unpaired) electrons. The molecule has 1 unspecified atom stereocenters. The van der Waals surface area contributed by atoms with Gasteiger partial charge in [-0.1, -0.05) is 226 Å². The van der Waals surface area contributed by atoms with E-state index in [0.717, 1.165) is 103 Å². The first-order chi connectivity index (χ1) is 33.0. The minimum atomic E-state index is -0.809. The molecule has 380 valence electrons. The molecular formula is C61H100O6. The van der Waals surface area contributed by atoms with E-state index >= 15 is 0 Å². The van der Waals surface area contributed by atoms with Gasteiger partial charge in [-0.2, -0.15) is 0 Å². The Labute approximate surface area is 412 Å². The number of rotatable bonds is 48. The lowest BCUT2D eigenvalue weighted by molar-refractivity contribution is -0.167. The molecular weight excluding hydrogens is 829 g/mol. The van der Waals surface area contributed by atoms with Crippen molar-refractivity contribution < 1.29 is 28.6 Å². The SMILES string of the molecule is CC/C=C\C/C=C\C/C=C\CCCCC(=O)OCC(COC(=O)CCCCCCCCCCCC/C=C\C=C/CCCCC)OC(=O)CCCCCCC\C=C/C=C\C=C/C=C\CCCCC. The van der Waals surface area contributed by atoms with Gasteiger partial charge in [-0.25, -0.2) is 0 Å². The number of ether oxygens (including phenoxy) is 3. The molecule has 0 aromatic heterocycles. The van der Waals surface area contributed by atoms with Crippen molar-refractivity contribution in [3.8, 4) is 0 Å². The normalized spacial score (nSPS) is 12.9. The Morgan fingerprint density at radius 3 is 1.09 bits per heavy atom. The molecule has 67 heavy (non-hydrogen) atoms. The number of unbranched alkanes of at least 4 members (excludes halogenated alkanes) is 23. The first-order valence-electron chi connectivity index (χ1n) is 27.5. The Hall–Kier alpha value is -3.93. The largest absolute Gasteiger partial charge is 0.462 e. The van der Waals surface area contributed by atoms with Crippen LogP contribution in [0, 0.1) is 0 Å². The number of carbonyl (C=O) groups is 3. The third-order valence-corrected chi connectivity index (χ3v) is 11.4. The van der Waals surface area contributed by atoms with Crippen molar-refractivity contribution in [2.75, 3.05) is 13.2 Å². The van der Waals surface area contributed by atoms with E-state index in [4.69, 9.17) is 14.2 Å². The predicted molar refractivity (Wildman–Crippen MR) is 288 cm³/mol. The second-order valence-corrected chi connectivity index (χ2v) is 17.9. The summed E-state index contributed by atoms with van der Waals surface area (Å²) in [5, 5.41) is 0. The van der Waals surface area contributed by atoms with Crippen molar-refractivity contribution in [2.45, 2.75) is 245 Å². The van der Waals surface area contributed by atoms with E-state index in [0.29, 0.717) is 19.3 Å². The van der Waals surface area contributed by atoms with Crippen molar-refractivity contribution in [3.05, 3.63) is 109 Å². The quantitative estimate of drug-likeness (QED) is 0.0199. The van der Waals surface area contributed by atoms with Crippen molar-refractivity contribution in [3.63, 3.8) is 0 Å². The van der Waals surface area contributed by atoms with Crippen LogP contribution in [0.3, 0.4) is 0 Å². The molecule has 0 saturated carbocycles. The van der Waals surface area contributed by atoms with Crippen LogP contribution in [0.5, 0.6) is 0 Å². The van der Waals surface area contributed by atoms with Gasteiger partial charge in [0.1, 0.15) is 13.2 Å². The minimum absolute atomic E-state index is 0.104. The molecule has 0 aliphatic heterocycles. The van der Waals surface area contributed by atoms with E-state index in [1.165, 1.54) is 96.3 Å². The fourth-order valence-corrected chi connectivity index (χ4v) is 7.22. The Balaban J connectivity index is 4.46. The summed E-state index contributed by atoms with van der Waals surface area (Å²) < 4.78 is 16.8. The zero-order chi connectivity index (χ0) is 48.6. The summed E-state index contributed by atoms with van der Waals surface area (Å²) >= 11 is 0. The van der Waals surface area contributed by atoms with Crippen LogP contribution in [-0.4, -0.2) is 37.2 Å². The molecule has 0 aliphatic rings. The van der Waals surface area contributed by atoms with E-state index in [2.05, 4.69) is 130 Å². The van der Waals surface area contributed by atoms with Crippen molar-refractivity contribution in [1.29, 1.82) is 0 Å². The molecule has 0 N–H and O–H groups in total. The maximum Gasteiger partial charge on any atom is 0.306 e. The zero-order valence-electron chi connectivity index (χ0n) is 43.4. The van der Waals surface area contributed by atoms with Crippen molar-refractivity contribution >= 4 is 17.9 Å². The van der Waals surface area contributed by atoms with Crippen molar-refractivity contribution in [2.24, 2.45) is 0 Å². The topological polar surface area (TPSA) is 78.9 Å². The lowest BCUT2D eigenvalue weighted by Crippen LogP contribution is -2.30. The third-order valence-electron chi connectivity index (χ3n) is 11.4. The first kappa shape index (κ1) is 63.1. The average molecular weight is 929 g/mol. The number of carbonyl (C=O) groups excluding carboxylic acids is 3. The van der Waals surface area contributed by atoms with E-state index < -0.39 is 6.10 Å². The number of esters is 3. The van der Waals surface area contributed by atoms with Crippen LogP contribution >= 0.6 is 0 Å². The maximum atomic E-state index is 12.8. The van der Waals surface area contributed by atoms with E-state index in [-0.39, 0.29) is 31.1 Å². The Kier molecular flexibility index (Phi) is 51.5. The molecule has 0 bridgehead atoms. The van der Waals surface area contributed by atoms with Gasteiger partial charge in [-0.15, -0.1) is 0 Å². The summed E-state index contributed by atoms with van der Waals surface area (Å²) in [5.74, 6) is -0.973. The number of hydrogen-bond acceptors (Lipinski definition) is 6. The summed E-state index contributed by atoms with van der Waals surface area (Å²) in [6, 6.07) is 0. The highest BCUT2D eigenvalue weighted by Gasteiger charge is 2.19. The monoisotopic (exact) mass is 929 g/mol. The third kappa shape index (κ3) is 52.9. The van der Waals surface area contributed by atoms with Gasteiger partial charge < -0.3 is 14.2 Å². The van der Waals surface area contributed by atoms with Gasteiger partial charge in [0, 0.05) is 19.3 Å². The fraction of sp³-hybridized carbons (Fsp3) is 0.656. The summed E-state index contributed by atoms with van der Waals surface area (Å²) in [6.07, 6.45) is 73.6. The molecule has 0 aromatic carbocycles. The molecule has 0 rings (SSSR count). The molecule has 0 spiro atoms. The molecule has 6 nitrogen and oxygen atoms in total. The number of hydrogen-bond donors (Lipinski definition) is 0.